The summed E-state index contributed by atoms with van der Waals surface area (Å²) in [6.45, 7) is 37.6. The van der Waals surface area contributed by atoms with E-state index in [1.807, 2.05) is 76.8 Å². The molecule has 4 aromatic carbocycles. The summed E-state index contributed by atoms with van der Waals surface area (Å²) in [4.78, 5) is 23.9. The summed E-state index contributed by atoms with van der Waals surface area (Å²) in [6.07, 6.45) is 22.5. The lowest BCUT2D eigenvalue weighted by molar-refractivity contribution is -0.124. The summed E-state index contributed by atoms with van der Waals surface area (Å²) in [5.74, 6) is 2.64. The summed E-state index contributed by atoms with van der Waals surface area (Å²) in [5, 5.41) is 47.3. The average molecular weight is 1310 g/mol. The molecule has 9 rings (SSSR count). The highest BCUT2D eigenvalue weighted by Gasteiger charge is 2.24. The number of nitrogens with one attached hydrogen (secondary N) is 2. The van der Waals surface area contributed by atoms with Gasteiger partial charge in [0.2, 0.25) is 11.8 Å². The molecule has 9 aromatic rings. The monoisotopic (exact) mass is 1310 g/mol. The molecule has 0 spiro atoms. The fourth-order valence-electron chi connectivity index (χ4n) is 11.0. The molecule has 2 unspecified atom stereocenters. The molecule has 0 saturated heterocycles. The molecule has 5 aromatic heterocycles. The maximum atomic E-state index is 12.5. The number of aryl methyl sites for hydroxylation is 9. The van der Waals surface area contributed by atoms with Crippen LogP contribution in [-0.2, 0) is 93.9 Å². The second-order valence-corrected chi connectivity index (χ2v) is 27.0. The second-order valence-electron chi connectivity index (χ2n) is 27.0. The predicted molar refractivity (Wildman–Crippen MR) is 387 cm³/mol. The van der Waals surface area contributed by atoms with Gasteiger partial charge >= 0.3 is 0 Å². The highest BCUT2D eigenvalue weighted by Crippen LogP contribution is 2.30. The van der Waals surface area contributed by atoms with Crippen LogP contribution in [0.4, 0.5) is 0 Å². The standard InChI is InChI=1S/C23H29N3.C17H24N4O.C17H25N3.C11H20N4O.C9H17N3/c1-4-8-19-11-13-20(14-12-19)15-16-26-17-22(24-25-26)23(18(2)3)21-9-6-5-7-10-21;1-4-10-21-12-15(19-20-21)11-18-17(22)16(13(2)3)14-8-6-5-7-9-14;1-4-5-15-6-8-16(9-7-15)10-11-20-13-17(18-19-20)12-14(2)3;1-4-5-15-8-10(13-14-15)7-12-11(16)6-9(2)3;1-4-5-12-7-9(10-11-12)6-8(2)3/h5-7,9-14,17-18,23H,4,8,15-16H2,1-3H3;5-9,12-13,16H,4,10-11H2,1-3H3,(H,18,22);6-9,13-14H,4-5,10-12H2,1-3H3;8-9H,4-7H2,1-3H3,(H,12,16);7-8H,4-6H2,1-3H3. The average Bonchev–Trinajstić information content (AvgIpc) is 1.39. The smallest absolute Gasteiger partial charge is 0.228 e. The highest BCUT2D eigenvalue weighted by atomic mass is 16.2. The predicted octanol–water partition coefficient (Wildman–Crippen LogP) is 14.9. The third-order valence-electron chi connectivity index (χ3n) is 15.6. The molecule has 19 heteroatoms. The van der Waals surface area contributed by atoms with Crippen LogP contribution in [0.3, 0.4) is 0 Å². The molecule has 5 heterocycles. The Hall–Kier alpha value is -8.48. The Morgan fingerprint density at radius 3 is 1.12 bits per heavy atom. The lowest BCUT2D eigenvalue weighted by Gasteiger charge is -2.20. The van der Waals surface area contributed by atoms with Crippen LogP contribution in [0.2, 0.25) is 0 Å². The normalized spacial score (nSPS) is 11.7. The van der Waals surface area contributed by atoms with Gasteiger partial charge in [-0.05, 0) is 121 Å². The lowest BCUT2D eigenvalue weighted by Crippen LogP contribution is -2.31. The topological polar surface area (TPSA) is 212 Å². The molecular weight excluding hydrogens is 1190 g/mol. The second kappa shape index (κ2) is 43.6. The Morgan fingerprint density at radius 1 is 0.375 bits per heavy atom. The van der Waals surface area contributed by atoms with Crippen LogP contribution in [-0.4, -0.2) is 86.8 Å². The minimum atomic E-state index is -0.146. The molecule has 2 N–H and O–H groups in total. The first-order valence-corrected chi connectivity index (χ1v) is 35.6. The minimum Gasteiger partial charge on any atom is -0.350 e. The molecule has 0 aliphatic carbocycles. The molecule has 0 saturated carbocycles. The van der Waals surface area contributed by atoms with Gasteiger partial charge in [0.05, 0.1) is 48.5 Å². The van der Waals surface area contributed by atoms with Crippen molar-refractivity contribution in [3.63, 3.8) is 0 Å². The van der Waals surface area contributed by atoms with Gasteiger partial charge in [0, 0.05) is 63.7 Å². The first-order chi connectivity index (χ1) is 46.3. The zero-order valence-corrected chi connectivity index (χ0v) is 60.8. The maximum Gasteiger partial charge on any atom is 0.228 e. The molecule has 0 radical (unpaired) electrons. The van der Waals surface area contributed by atoms with Crippen molar-refractivity contribution in [2.45, 2.75) is 239 Å². The van der Waals surface area contributed by atoms with Gasteiger partial charge in [-0.1, -0.05) is 252 Å². The van der Waals surface area contributed by atoms with Gasteiger partial charge in [0.15, 0.2) is 0 Å². The number of nitrogens with zero attached hydrogens (tertiary/aromatic N) is 15. The Morgan fingerprint density at radius 2 is 0.740 bits per heavy atom. The largest absolute Gasteiger partial charge is 0.350 e. The molecule has 0 bridgehead atoms. The number of benzene rings is 4. The zero-order valence-electron chi connectivity index (χ0n) is 60.8. The van der Waals surface area contributed by atoms with Gasteiger partial charge in [-0.15, -0.1) is 25.5 Å². The maximum absolute atomic E-state index is 12.5. The molecule has 520 valence electrons. The van der Waals surface area contributed by atoms with Crippen LogP contribution >= 0.6 is 0 Å². The van der Waals surface area contributed by atoms with E-state index in [-0.39, 0.29) is 23.7 Å². The first kappa shape index (κ1) is 78.2. The fraction of sp³-hybridized carbons (Fsp3) is 0.532. The third-order valence-corrected chi connectivity index (χ3v) is 15.6. The summed E-state index contributed by atoms with van der Waals surface area (Å²) < 4.78 is 9.45. The van der Waals surface area contributed by atoms with Gasteiger partial charge in [-0.3, -0.25) is 33.0 Å². The van der Waals surface area contributed by atoms with E-state index in [9.17, 15) is 9.59 Å². The van der Waals surface area contributed by atoms with Crippen LogP contribution in [0, 0.1) is 29.6 Å². The zero-order chi connectivity index (χ0) is 69.6. The van der Waals surface area contributed by atoms with E-state index in [0.717, 1.165) is 118 Å². The number of carbonyl (C=O) groups is 2. The molecule has 96 heavy (non-hydrogen) atoms. The number of hydrogen-bond donors (Lipinski definition) is 2. The van der Waals surface area contributed by atoms with Crippen molar-refractivity contribution >= 4 is 11.8 Å². The van der Waals surface area contributed by atoms with Crippen LogP contribution < -0.4 is 10.6 Å². The molecule has 0 fully saturated rings. The van der Waals surface area contributed by atoms with Gasteiger partial charge < -0.3 is 10.6 Å². The third kappa shape index (κ3) is 29.7. The van der Waals surface area contributed by atoms with Crippen LogP contribution in [0.1, 0.15) is 216 Å². The summed E-state index contributed by atoms with van der Waals surface area (Å²) >= 11 is 0. The van der Waals surface area contributed by atoms with Crippen molar-refractivity contribution in [2.75, 3.05) is 0 Å². The van der Waals surface area contributed by atoms with E-state index in [1.165, 1.54) is 47.1 Å². The van der Waals surface area contributed by atoms with Crippen molar-refractivity contribution < 1.29 is 9.59 Å². The molecule has 0 aliphatic heterocycles. The lowest BCUT2D eigenvalue weighted by atomic mass is 9.86. The van der Waals surface area contributed by atoms with Crippen molar-refractivity contribution in [1.82, 2.24) is 85.6 Å². The van der Waals surface area contributed by atoms with Gasteiger partial charge in [0.25, 0.3) is 0 Å². The number of carbonyl (C=O) groups excluding carboxylic acids is 2. The van der Waals surface area contributed by atoms with Gasteiger partial charge in [-0.2, -0.15) is 0 Å². The first-order valence-electron chi connectivity index (χ1n) is 35.6. The number of amides is 2. The summed E-state index contributed by atoms with van der Waals surface area (Å²) in [6, 6.07) is 38.4. The molecule has 2 amide bonds. The Bertz CT molecular complexity index is 3490. The van der Waals surface area contributed by atoms with Gasteiger partial charge in [-0.25, -0.2) is 0 Å². The van der Waals surface area contributed by atoms with E-state index < -0.39 is 0 Å². The molecular formula is C77H115N17O2. The van der Waals surface area contributed by atoms with E-state index in [2.05, 4.69) is 243 Å². The van der Waals surface area contributed by atoms with E-state index in [1.54, 1.807) is 9.36 Å². The Labute approximate surface area is 574 Å². The van der Waals surface area contributed by atoms with Gasteiger partial charge in [0.1, 0.15) is 11.4 Å². The highest BCUT2D eigenvalue weighted by molar-refractivity contribution is 5.83. The number of aromatic nitrogens is 15. The molecule has 2 atom stereocenters. The molecule has 19 nitrogen and oxygen atoms in total. The van der Waals surface area contributed by atoms with Crippen LogP contribution in [0.5, 0.6) is 0 Å². The fourth-order valence-corrected chi connectivity index (χ4v) is 11.0. The number of rotatable bonds is 32. The molecule has 0 aliphatic rings. The SMILES string of the molecule is CCCc1ccc(CCn2cc(C(c3ccccc3)C(C)C)nn2)cc1.CCCc1ccc(CCn2cc(CC(C)C)nn2)cc1.CCCn1cc(CC(C)C)nn1.CCCn1cc(CNC(=O)C(c2ccccc2)C(C)C)nn1.CCCn1cc(CNC(=O)CC(C)C)nn1. The Balaban J connectivity index is 0.000000222. The van der Waals surface area contributed by atoms with Crippen LogP contribution in [0.15, 0.2) is 140 Å². The van der Waals surface area contributed by atoms with Crippen molar-refractivity contribution in [3.05, 3.63) is 202 Å². The van der Waals surface area contributed by atoms with E-state index in [0.29, 0.717) is 49.1 Å². The minimum absolute atomic E-state index is 0.0336. The Kier molecular flexibility index (Phi) is 35.5. The van der Waals surface area contributed by atoms with Crippen molar-refractivity contribution in [1.29, 1.82) is 0 Å². The quantitative estimate of drug-likeness (QED) is 0.0403. The van der Waals surface area contributed by atoms with Crippen molar-refractivity contribution in [2.24, 2.45) is 29.6 Å². The van der Waals surface area contributed by atoms with E-state index in [4.69, 9.17) is 0 Å². The van der Waals surface area contributed by atoms with E-state index >= 15 is 0 Å². The summed E-state index contributed by atoms with van der Waals surface area (Å²) in [5.41, 5.74) is 12.8. The number of hydrogen-bond acceptors (Lipinski definition) is 12. The van der Waals surface area contributed by atoms with Crippen LogP contribution in [0.25, 0.3) is 0 Å². The summed E-state index contributed by atoms with van der Waals surface area (Å²) in [7, 11) is 0. The van der Waals surface area contributed by atoms with Crippen molar-refractivity contribution in [3.8, 4) is 0 Å².